The van der Waals surface area contributed by atoms with Crippen LogP contribution in [-0.4, -0.2) is 27.9 Å². The molecule has 0 unspecified atom stereocenters. The van der Waals surface area contributed by atoms with E-state index in [-0.39, 0.29) is 0 Å². The number of hydrogen-bond donors (Lipinski definition) is 1. The van der Waals surface area contributed by atoms with Gasteiger partial charge in [0.1, 0.15) is 11.6 Å². The lowest BCUT2D eigenvalue weighted by Gasteiger charge is -2.24. The van der Waals surface area contributed by atoms with Crippen LogP contribution in [0.5, 0.6) is 0 Å². The number of aryl methyl sites for hydroxylation is 2. The van der Waals surface area contributed by atoms with Gasteiger partial charge >= 0.3 is 0 Å². The van der Waals surface area contributed by atoms with Gasteiger partial charge in [0, 0.05) is 12.8 Å². The van der Waals surface area contributed by atoms with Gasteiger partial charge in [-0.3, -0.25) is 4.57 Å². The van der Waals surface area contributed by atoms with Crippen LogP contribution >= 0.6 is 0 Å². The van der Waals surface area contributed by atoms with Gasteiger partial charge in [0.2, 0.25) is 0 Å². The van der Waals surface area contributed by atoms with Crippen molar-refractivity contribution in [3.8, 4) is 5.69 Å². The van der Waals surface area contributed by atoms with E-state index in [1.54, 1.807) is 0 Å². The molecule has 2 aliphatic rings. The summed E-state index contributed by atoms with van der Waals surface area (Å²) in [6, 6.07) is 8.67. The molecular weight excluding hydrogens is 248 g/mol. The Morgan fingerprint density at radius 3 is 2.85 bits per heavy atom. The number of rotatable bonds is 2. The van der Waals surface area contributed by atoms with E-state index in [2.05, 4.69) is 44.3 Å². The molecule has 0 aliphatic carbocycles. The number of aromatic nitrogens is 3. The molecule has 3 heterocycles. The highest BCUT2D eigenvalue weighted by atomic mass is 15.3. The van der Waals surface area contributed by atoms with Crippen molar-refractivity contribution in [2.24, 2.45) is 5.92 Å². The lowest BCUT2D eigenvalue weighted by molar-refractivity contribution is 0.365. The number of nitrogens with zero attached hydrogens (tertiary/aromatic N) is 3. The maximum absolute atomic E-state index is 4.48. The van der Waals surface area contributed by atoms with Crippen molar-refractivity contribution in [3.05, 3.63) is 41.5 Å². The van der Waals surface area contributed by atoms with Gasteiger partial charge in [-0.2, -0.15) is 0 Å². The van der Waals surface area contributed by atoms with Crippen molar-refractivity contribution in [2.75, 3.05) is 13.1 Å². The zero-order chi connectivity index (χ0) is 13.4. The van der Waals surface area contributed by atoms with Gasteiger partial charge in [0.25, 0.3) is 0 Å². The number of piperidine rings is 1. The zero-order valence-corrected chi connectivity index (χ0v) is 11.7. The molecule has 0 atom stereocenters. The highest BCUT2D eigenvalue weighted by Gasteiger charge is 2.23. The largest absolute Gasteiger partial charge is 0.317 e. The van der Waals surface area contributed by atoms with E-state index in [0.29, 0.717) is 0 Å². The van der Waals surface area contributed by atoms with E-state index in [0.717, 1.165) is 49.9 Å². The molecule has 4 rings (SSSR count). The van der Waals surface area contributed by atoms with Gasteiger partial charge in [-0.1, -0.05) is 18.2 Å². The lowest BCUT2D eigenvalue weighted by Crippen LogP contribution is -2.29. The van der Waals surface area contributed by atoms with Gasteiger partial charge < -0.3 is 5.32 Å². The maximum atomic E-state index is 4.48. The molecule has 1 aromatic carbocycles. The van der Waals surface area contributed by atoms with Gasteiger partial charge in [-0.05, 0) is 49.9 Å². The third-order valence-electron chi connectivity index (χ3n) is 4.58. The number of hydrogen-bond acceptors (Lipinski definition) is 3. The smallest absolute Gasteiger partial charge is 0.137 e. The summed E-state index contributed by atoms with van der Waals surface area (Å²) in [7, 11) is 0. The zero-order valence-electron chi connectivity index (χ0n) is 11.7. The summed E-state index contributed by atoms with van der Waals surface area (Å²) in [6.07, 6.45) is 5.66. The summed E-state index contributed by atoms with van der Waals surface area (Å²) in [5, 5.41) is 12.3. The molecule has 0 saturated carbocycles. The molecule has 1 aromatic heterocycles. The van der Waals surface area contributed by atoms with Crippen molar-refractivity contribution in [3.63, 3.8) is 0 Å². The van der Waals surface area contributed by atoms with Crippen molar-refractivity contribution in [1.29, 1.82) is 0 Å². The quantitative estimate of drug-likeness (QED) is 0.904. The van der Waals surface area contributed by atoms with Crippen LogP contribution in [0.3, 0.4) is 0 Å². The molecule has 20 heavy (non-hydrogen) atoms. The fraction of sp³-hybridized carbons (Fsp3) is 0.500. The Morgan fingerprint density at radius 1 is 1.10 bits per heavy atom. The fourth-order valence-corrected chi connectivity index (χ4v) is 3.46. The highest BCUT2D eigenvalue weighted by molar-refractivity contribution is 5.45. The fourth-order valence-electron chi connectivity index (χ4n) is 3.46. The molecule has 4 nitrogen and oxygen atoms in total. The molecule has 0 bridgehead atoms. The number of fused-ring (bicyclic) bond motifs is 3. The van der Waals surface area contributed by atoms with Crippen LogP contribution in [0.1, 0.15) is 30.1 Å². The predicted octanol–water partition coefficient (Wildman–Crippen LogP) is 1.91. The second-order valence-electron chi connectivity index (χ2n) is 5.89. The average Bonchev–Trinajstić information content (AvgIpc) is 2.92. The Balaban J connectivity index is 1.68. The second-order valence-corrected chi connectivity index (χ2v) is 5.89. The topological polar surface area (TPSA) is 42.7 Å². The normalized spacial score (nSPS) is 18.6. The SMILES string of the molecule is c1ccc2c(c1)CCc1nnc(CC3CCNCC3)n1-2. The predicted molar refractivity (Wildman–Crippen MR) is 78.1 cm³/mol. The van der Waals surface area contributed by atoms with Crippen molar-refractivity contribution >= 4 is 0 Å². The van der Waals surface area contributed by atoms with Crippen LogP contribution in [0.2, 0.25) is 0 Å². The number of para-hydroxylation sites is 1. The third-order valence-corrected chi connectivity index (χ3v) is 4.58. The Labute approximate surface area is 119 Å². The Bertz CT molecular complexity index is 611. The summed E-state index contributed by atoms with van der Waals surface area (Å²) in [6.45, 7) is 2.28. The minimum atomic E-state index is 0.749. The van der Waals surface area contributed by atoms with E-state index in [1.165, 1.54) is 24.1 Å². The van der Waals surface area contributed by atoms with E-state index in [4.69, 9.17) is 0 Å². The Hall–Kier alpha value is -1.68. The van der Waals surface area contributed by atoms with Gasteiger partial charge in [0.15, 0.2) is 0 Å². The van der Waals surface area contributed by atoms with Crippen LogP contribution in [0.15, 0.2) is 24.3 Å². The van der Waals surface area contributed by atoms with Gasteiger partial charge in [-0.25, -0.2) is 0 Å². The number of nitrogens with one attached hydrogen (secondary N) is 1. The molecule has 1 saturated heterocycles. The van der Waals surface area contributed by atoms with E-state index in [1.807, 2.05) is 0 Å². The molecule has 4 heteroatoms. The van der Waals surface area contributed by atoms with Crippen molar-refractivity contribution in [2.45, 2.75) is 32.1 Å². The Morgan fingerprint density at radius 2 is 1.95 bits per heavy atom. The first-order valence-electron chi connectivity index (χ1n) is 7.64. The molecule has 104 valence electrons. The molecule has 1 fully saturated rings. The summed E-state index contributed by atoms with van der Waals surface area (Å²) in [4.78, 5) is 0. The summed E-state index contributed by atoms with van der Waals surface area (Å²) < 4.78 is 2.31. The standard InChI is InChI=1S/C16H20N4/c1-2-4-14-13(3-1)5-6-15-18-19-16(20(14)15)11-12-7-9-17-10-8-12/h1-4,12,17H,5-11H2. The summed E-state index contributed by atoms with van der Waals surface area (Å²) in [5.41, 5.74) is 2.72. The molecule has 2 aromatic rings. The van der Waals surface area contributed by atoms with Crippen LogP contribution in [0, 0.1) is 5.92 Å². The summed E-state index contributed by atoms with van der Waals surface area (Å²) in [5.74, 6) is 3.03. The average molecular weight is 268 g/mol. The molecule has 2 aliphatic heterocycles. The lowest BCUT2D eigenvalue weighted by atomic mass is 9.94. The molecule has 0 spiro atoms. The second kappa shape index (κ2) is 5.02. The first-order chi connectivity index (χ1) is 9.92. The maximum Gasteiger partial charge on any atom is 0.137 e. The van der Waals surface area contributed by atoms with Crippen molar-refractivity contribution < 1.29 is 0 Å². The first kappa shape index (κ1) is 12.1. The molecule has 0 amide bonds. The van der Waals surface area contributed by atoms with Crippen LogP contribution in [0.25, 0.3) is 5.69 Å². The van der Waals surface area contributed by atoms with E-state index >= 15 is 0 Å². The Kier molecular flexibility index (Phi) is 3.03. The van der Waals surface area contributed by atoms with E-state index in [9.17, 15) is 0 Å². The minimum absolute atomic E-state index is 0.749. The highest BCUT2D eigenvalue weighted by Crippen LogP contribution is 2.27. The third kappa shape index (κ3) is 2.04. The minimum Gasteiger partial charge on any atom is -0.317 e. The van der Waals surface area contributed by atoms with E-state index < -0.39 is 0 Å². The van der Waals surface area contributed by atoms with Crippen molar-refractivity contribution in [1.82, 2.24) is 20.1 Å². The van der Waals surface area contributed by atoms with Crippen LogP contribution < -0.4 is 5.32 Å². The molecule has 0 radical (unpaired) electrons. The first-order valence-corrected chi connectivity index (χ1v) is 7.64. The molecule has 1 N–H and O–H groups in total. The summed E-state index contributed by atoms with van der Waals surface area (Å²) >= 11 is 0. The molecular formula is C16H20N4. The van der Waals surface area contributed by atoms with Crippen LogP contribution in [0.4, 0.5) is 0 Å². The number of benzene rings is 1. The van der Waals surface area contributed by atoms with Crippen LogP contribution in [-0.2, 0) is 19.3 Å². The van der Waals surface area contributed by atoms with Gasteiger partial charge in [-0.15, -0.1) is 10.2 Å². The van der Waals surface area contributed by atoms with Gasteiger partial charge in [0.05, 0.1) is 5.69 Å². The monoisotopic (exact) mass is 268 g/mol.